The third kappa shape index (κ3) is 3.99. The van der Waals surface area contributed by atoms with Crippen molar-refractivity contribution in [2.24, 2.45) is 0 Å². The SMILES string of the molecule is CNc1nc(-c2ccccc2-c2ccc(OCc3ccccc3)nc2)cs1. The first-order valence-electron chi connectivity index (χ1n) is 8.69. The number of thiazole rings is 1. The summed E-state index contributed by atoms with van der Waals surface area (Å²) in [5, 5.41) is 6.06. The van der Waals surface area contributed by atoms with Gasteiger partial charge in [-0.05, 0) is 17.2 Å². The Morgan fingerprint density at radius 2 is 1.70 bits per heavy atom. The number of benzene rings is 2. The van der Waals surface area contributed by atoms with Gasteiger partial charge in [-0.15, -0.1) is 11.3 Å². The van der Waals surface area contributed by atoms with Crippen molar-refractivity contribution in [1.29, 1.82) is 0 Å². The summed E-state index contributed by atoms with van der Waals surface area (Å²) in [6, 6.07) is 22.3. The zero-order valence-electron chi connectivity index (χ0n) is 14.9. The lowest BCUT2D eigenvalue weighted by molar-refractivity contribution is 0.294. The summed E-state index contributed by atoms with van der Waals surface area (Å²) in [7, 11) is 1.88. The van der Waals surface area contributed by atoms with Crippen molar-refractivity contribution in [3.63, 3.8) is 0 Å². The van der Waals surface area contributed by atoms with Crippen LogP contribution in [0.1, 0.15) is 5.56 Å². The molecule has 27 heavy (non-hydrogen) atoms. The largest absolute Gasteiger partial charge is 0.473 e. The number of rotatable bonds is 6. The van der Waals surface area contributed by atoms with Crippen molar-refractivity contribution in [1.82, 2.24) is 9.97 Å². The van der Waals surface area contributed by atoms with Gasteiger partial charge in [0.15, 0.2) is 5.13 Å². The molecule has 2 aromatic heterocycles. The van der Waals surface area contributed by atoms with Crippen molar-refractivity contribution in [2.75, 3.05) is 12.4 Å². The summed E-state index contributed by atoms with van der Waals surface area (Å²) in [4.78, 5) is 9.10. The molecule has 0 unspecified atom stereocenters. The Morgan fingerprint density at radius 1 is 0.926 bits per heavy atom. The molecule has 134 valence electrons. The molecule has 0 aliphatic rings. The van der Waals surface area contributed by atoms with Crippen molar-refractivity contribution in [3.05, 3.63) is 83.9 Å². The molecule has 0 saturated carbocycles. The smallest absolute Gasteiger partial charge is 0.213 e. The molecule has 4 nitrogen and oxygen atoms in total. The van der Waals surface area contributed by atoms with E-state index in [9.17, 15) is 0 Å². The molecule has 0 fully saturated rings. The Balaban J connectivity index is 1.55. The van der Waals surface area contributed by atoms with Crippen LogP contribution < -0.4 is 10.1 Å². The number of nitrogens with one attached hydrogen (secondary N) is 1. The quantitative estimate of drug-likeness (QED) is 0.485. The standard InChI is InChI=1S/C22H19N3OS/c1-23-22-25-20(15-27-22)19-10-6-5-9-18(19)17-11-12-21(24-13-17)26-14-16-7-3-2-4-8-16/h2-13,15H,14H2,1H3,(H,23,25). The number of hydrogen-bond acceptors (Lipinski definition) is 5. The fourth-order valence-corrected chi connectivity index (χ4v) is 3.50. The van der Waals surface area contributed by atoms with E-state index in [-0.39, 0.29) is 0 Å². The average molecular weight is 373 g/mol. The van der Waals surface area contributed by atoms with E-state index in [0.29, 0.717) is 12.5 Å². The average Bonchev–Trinajstić information content (AvgIpc) is 3.23. The van der Waals surface area contributed by atoms with Gasteiger partial charge in [0.05, 0.1) is 5.69 Å². The molecule has 0 spiro atoms. The monoisotopic (exact) mass is 373 g/mol. The molecule has 1 N–H and O–H groups in total. The van der Waals surface area contributed by atoms with Crippen LogP contribution in [0.15, 0.2) is 78.3 Å². The fraction of sp³-hybridized carbons (Fsp3) is 0.0909. The summed E-state index contributed by atoms with van der Waals surface area (Å²) < 4.78 is 5.79. The Bertz CT molecular complexity index is 1010. The molecule has 0 aliphatic heterocycles. The predicted octanol–water partition coefficient (Wildman–Crippen LogP) is 5.49. The van der Waals surface area contributed by atoms with Gasteiger partial charge in [-0.1, -0.05) is 54.6 Å². The summed E-state index contributed by atoms with van der Waals surface area (Å²) in [5.74, 6) is 0.617. The van der Waals surface area contributed by atoms with Crippen LogP contribution in [-0.2, 0) is 6.61 Å². The summed E-state index contributed by atoms with van der Waals surface area (Å²) in [5.41, 5.74) is 5.32. The minimum Gasteiger partial charge on any atom is -0.473 e. The Kier molecular flexibility index (Phi) is 5.12. The van der Waals surface area contributed by atoms with Crippen LogP contribution in [0.2, 0.25) is 0 Å². The maximum absolute atomic E-state index is 5.79. The van der Waals surface area contributed by atoms with E-state index < -0.39 is 0 Å². The van der Waals surface area contributed by atoms with Crippen molar-refractivity contribution >= 4 is 16.5 Å². The van der Waals surface area contributed by atoms with Crippen LogP contribution in [0.3, 0.4) is 0 Å². The number of ether oxygens (including phenoxy) is 1. The van der Waals surface area contributed by atoms with Gasteiger partial charge in [-0.25, -0.2) is 9.97 Å². The van der Waals surface area contributed by atoms with Crippen molar-refractivity contribution in [2.45, 2.75) is 6.61 Å². The fourth-order valence-electron chi connectivity index (χ4n) is 2.83. The number of hydrogen-bond donors (Lipinski definition) is 1. The van der Waals surface area contributed by atoms with Crippen molar-refractivity contribution in [3.8, 4) is 28.3 Å². The molecule has 2 heterocycles. The molecule has 5 heteroatoms. The highest BCUT2D eigenvalue weighted by Gasteiger charge is 2.11. The molecule has 0 radical (unpaired) electrons. The van der Waals surface area contributed by atoms with Crippen LogP contribution in [0, 0.1) is 0 Å². The Labute approximate surface area is 162 Å². The molecule has 0 amide bonds. The van der Waals surface area contributed by atoms with Gasteiger partial charge < -0.3 is 10.1 Å². The molecular weight excluding hydrogens is 354 g/mol. The highest BCUT2D eigenvalue weighted by molar-refractivity contribution is 7.14. The molecule has 2 aromatic carbocycles. The lowest BCUT2D eigenvalue weighted by Crippen LogP contribution is -1.97. The first-order valence-corrected chi connectivity index (χ1v) is 9.57. The van der Waals surface area contributed by atoms with Gasteiger partial charge in [0.2, 0.25) is 5.88 Å². The van der Waals surface area contributed by atoms with E-state index in [4.69, 9.17) is 4.74 Å². The predicted molar refractivity (Wildman–Crippen MR) is 111 cm³/mol. The molecule has 0 atom stereocenters. The van der Waals surface area contributed by atoms with E-state index in [2.05, 4.69) is 32.8 Å². The minimum absolute atomic E-state index is 0.509. The molecule has 0 saturated heterocycles. The van der Waals surface area contributed by atoms with E-state index in [1.807, 2.05) is 67.8 Å². The van der Waals surface area contributed by atoms with Crippen LogP contribution >= 0.6 is 11.3 Å². The second-order valence-electron chi connectivity index (χ2n) is 5.99. The molecule has 0 aliphatic carbocycles. The van der Waals surface area contributed by atoms with E-state index >= 15 is 0 Å². The maximum Gasteiger partial charge on any atom is 0.213 e. The zero-order valence-corrected chi connectivity index (χ0v) is 15.7. The Hall–Kier alpha value is -3.18. The van der Waals surface area contributed by atoms with Gasteiger partial charge >= 0.3 is 0 Å². The van der Waals surface area contributed by atoms with Crippen LogP contribution in [0.25, 0.3) is 22.4 Å². The third-order valence-corrected chi connectivity index (χ3v) is 5.06. The molecule has 4 rings (SSSR count). The first kappa shape index (κ1) is 17.2. The van der Waals surface area contributed by atoms with Gasteiger partial charge in [0.25, 0.3) is 0 Å². The Morgan fingerprint density at radius 3 is 2.41 bits per heavy atom. The first-order chi connectivity index (χ1) is 13.3. The minimum atomic E-state index is 0.509. The molecule has 4 aromatic rings. The van der Waals surface area contributed by atoms with Crippen LogP contribution in [0.4, 0.5) is 5.13 Å². The summed E-state index contributed by atoms with van der Waals surface area (Å²) >= 11 is 1.60. The van der Waals surface area contributed by atoms with E-state index in [1.165, 1.54) is 0 Å². The second kappa shape index (κ2) is 8.01. The highest BCUT2D eigenvalue weighted by Crippen LogP contribution is 2.33. The highest BCUT2D eigenvalue weighted by atomic mass is 32.1. The zero-order chi connectivity index (χ0) is 18.5. The van der Waals surface area contributed by atoms with E-state index in [0.717, 1.165) is 33.1 Å². The summed E-state index contributed by atoms with van der Waals surface area (Å²) in [6.45, 7) is 0.509. The summed E-state index contributed by atoms with van der Waals surface area (Å²) in [6.07, 6.45) is 1.85. The van der Waals surface area contributed by atoms with Crippen LogP contribution in [-0.4, -0.2) is 17.0 Å². The van der Waals surface area contributed by atoms with Gasteiger partial charge in [-0.2, -0.15) is 0 Å². The maximum atomic E-state index is 5.79. The molecular formula is C22H19N3OS. The topological polar surface area (TPSA) is 47.0 Å². The van der Waals surface area contributed by atoms with E-state index in [1.54, 1.807) is 11.3 Å². The van der Waals surface area contributed by atoms with Gasteiger partial charge in [0.1, 0.15) is 6.61 Å². The number of aromatic nitrogens is 2. The number of anilines is 1. The van der Waals surface area contributed by atoms with Crippen molar-refractivity contribution < 1.29 is 4.74 Å². The number of nitrogens with zero attached hydrogens (tertiary/aromatic N) is 2. The lowest BCUT2D eigenvalue weighted by Gasteiger charge is -2.09. The number of pyridine rings is 1. The van der Waals surface area contributed by atoms with Crippen LogP contribution in [0.5, 0.6) is 5.88 Å². The third-order valence-electron chi connectivity index (χ3n) is 4.20. The van der Waals surface area contributed by atoms with Gasteiger partial charge in [0, 0.05) is 35.8 Å². The lowest BCUT2D eigenvalue weighted by atomic mass is 9.99. The molecule has 0 bridgehead atoms. The van der Waals surface area contributed by atoms with Gasteiger partial charge in [-0.3, -0.25) is 0 Å². The second-order valence-corrected chi connectivity index (χ2v) is 6.85. The normalized spacial score (nSPS) is 10.6.